The third-order valence-electron chi connectivity index (χ3n) is 5.61. The molecule has 2 rings (SSSR count). The van der Waals surface area contributed by atoms with Gasteiger partial charge in [-0.25, -0.2) is 0 Å². The first kappa shape index (κ1) is 31.0. The van der Waals surface area contributed by atoms with Crippen LogP contribution in [0.4, 0.5) is 0 Å². The molecule has 0 aliphatic carbocycles. The van der Waals surface area contributed by atoms with E-state index in [9.17, 15) is 24.3 Å². The van der Waals surface area contributed by atoms with Crippen LogP contribution in [0.3, 0.4) is 0 Å². The van der Waals surface area contributed by atoms with E-state index in [2.05, 4.69) is 10.6 Å². The van der Waals surface area contributed by atoms with Gasteiger partial charge < -0.3 is 25.2 Å². The fourth-order valence-corrected chi connectivity index (χ4v) is 4.64. The van der Waals surface area contributed by atoms with Crippen LogP contribution in [0.2, 0.25) is 5.02 Å². The fraction of sp³-hybridized carbons (Fsp3) is 0.407. The second-order valence-electron chi connectivity index (χ2n) is 8.89. The largest absolute Gasteiger partial charge is 0.497 e. The number of ether oxygens (including phenoxy) is 2. The van der Waals surface area contributed by atoms with Gasteiger partial charge in [-0.05, 0) is 41.8 Å². The van der Waals surface area contributed by atoms with Gasteiger partial charge in [-0.3, -0.25) is 19.2 Å². The van der Waals surface area contributed by atoms with E-state index in [0.717, 1.165) is 5.56 Å². The van der Waals surface area contributed by atoms with Crippen LogP contribution in [0.25, 0.3) is 0 Å². The Morgan fingerprint density at radius 2 is 1.68 bits per heavy atom. The molecule has 2 atom stereocenters. The summed E-state index contributed by atoms with van der Waals surface area (Å²) in [5.74, 6) is -1.46. The summed E-state index contributed by atoms with van der Waals surface area (Å²) in [4.78, 5) is 50.1. The maximum atomic E-state index is 13.1. The lowest BCUT2D eigenvalue weighted by Crippen LogP contribution is -2.54. The van der Waals surface area contributed by atoms with Crippen LogP contribution in [-0.2, 0) is 31.4 Å². The van der Waals surface area contributed by atoms with Gasteiger partial charge >= 0.3 is 5.97 Å². The Morgan fingerprint density at radius 1 is 1.00 bits per heavy atom. The van der Waals surface area contributed by atoms with Crippen molar-refractivity contribution in [1.29, 1.82) is 0 Å². The number of rotatable bonds is 15. The zero-order valence-electron chi connectivity index (χ0n) is 21.8. The minimum atomic E-state index is -1.23. The zero-order valence-corrected chi connectivity index (χ0v) is 23.4. The Bertz CT molecular complexity index is 1120. The van der Waals surface area contributed by atoms with E-state index in [4.69, 9.17) is 21.1 Å². The molecule has 0 radical (unpaired) electrons. The van der Waals surface area contributed by atoms with Gasteiger partial charge in [0, 0.05) is 16.3 Å². The highest BCUT2D eigenvalue weighted by molar-refractivity contribution is 7.99. The maximum absolute atomic E-state index is 13.1. The molecule has 0 heterocycles. The van der Waals surface area contributed by atoms with E-state index in [-0.39, 0.29) is 18.1 Å². The first-order chi connectivity index (χ1) is 18.0. The average molecular weight is 565 g/mol. The molecule has 206 valence electrons. The normalized spacial score (nSPS) is 12.4. The van der Waals surface area contributed by atoms with Crippen molar-refractivity contribution in [3.05, 3.63) is 58.6 Å². The highest BCUT2D eigenvalue weighted by Crippen LogP contribution is 2.24. The van der Waals surface area contributed by atoms with Gasteiger partial charge in [0.05, 0.1) is 38.9 Å². The topological polar surface area (TPSA) is 131 Å². The molecular formula is C27H33ClN2O7S. The molecular weight excluding hydrogens is 532 g/mol. The number of ketones is 1. The van der Waals surface area contributed by atoms with E-state index < -0.39 is 42.1 Å². The lowest BCUT2D eigenvalue weighted by molar-refractivity contribution is -0.140. The van der Waals surface area contributed by atoms with E-state index in [0.29, 0.717) is 27.8 Å². The van der Waals surface area contributed by atoms with Crippen LogP contribution in [0.15, 0.2) is 42.5 Å². The predicted molar refractivity (Wildman–Crippen MR) is 147 cm³/mol. The van der Waals surface area contributed by atoms with Crippen molar-refractivity contribution in [2.24, 2.45) is 5.92 Å². The molecule has 2 amide bonds. The van der Waals surface area contributed by atoms with Crippen LogP contribution < -0.4 is 20.1 Å². The summed E-state index contributed by atoms with van der Waals surface area (Å²) >= 11 is 7.19. The number of aliphatic carboxylic acids is 1. The number of amides is 2. The van der Waals surface area contributed by atoms with Crippen LogP contribution >= 0.6 is 23.4 Å². The minimum Gasteiger partial charge on any atom is -0.497 e. The predicted octanol–water partition coefficient (Wildman–Crippen LogP) is 3.50. The minimum absolute atomic E-state index is 0.00912. The lowest BCUT2D eigenvalue weighted by Gasteiger charge is -2.25. The van der Waals surface area contributed by atoms with Crippen molar-refractivity contribution in [2.75, 3.05) is 20.0 Å². The number of hydrogen-bond donors (Lipinski definition) is 3. The number of thioether (sulfide) groups is 1. The lowest BCUT2D eigenvalue weighted by atomic mass is 10.0. The summed E-state index contributed by atoms with van der Waals surface area (Å²) in [5.41, 5.74) is 1.53. The van der Waals surface area contributed by atoms with Gasteiger partial charge in [-0.15, -0.1) is 11.8 Å². The van der Waals surface area contributed by atoms with Gasteiger partial charge in [0.15, 0.2) is 5.78 Å². The van der Waals surface area contributed by atoms with E-state index in [1.807, 2.05) is 12.1 Å². The molecule has 0 aliphatic heterocycles. The number of carboxylic acid groups (broad SMARTS) is 1. The molecule has 0 unspecified atom stereocenters. The second-order valence-corrected chi connectivity index (χ2v) is 10.3. The van der Waals surface area contributed by atoms with Crippen LogP contribution in [-0.4, -0.2) is 60.7 Å². The number of nitrogens with one attached hydrogen (secondary N) is 2. The Labute approximate surface area is 231 Å². The van der Waals surface area contributed by atoms with Crippen molar-refractivity contribution in [1.82, 2.24) is 10.6 Å². The fourth-order valence-electron chi connectivity index (χ4n) is 3.58. The van der Waals surface area contributed by atoms with Crippen molar-refractivity contribution in [3.8, 4) is 11.5 Å². The summed E-state index contributed by atoms with van der Waals surface area (Å²) in [6.45, 7) is 3.49. The summed E-state index contributed by atoms with van der Waals surface area (Å²) in [6.07, 6.45) is -0.637. The Morgan fingerprint density at radius 3 is 2.26 bits per heavy atom. The monoisotopic (exact) mass is 564 g/mol. The molecule has 9 nitrogen and oxygen atoms in total. The molecule has 11 heteroatoms. The first-order valence-corrected chi connectivity index (χ1v) is 13.4. The zero-order chi connectivity index (χ0) is 28.2. The second kappa shape index (κ2) is 15.2. The van der Waals surface area contributed by atoms with Crippen LogP contribution in [0, 0.1) is 5.92 Å². The van der Waals surface area contributed by atoms with Crippen molar-refractivity contribution < 1.29 is 33.8 Å². The van der Waals surface area contributed by atoms with Crippen molar-refractivity contribution in [2.45, 2.75) is 44.5 Å². The summed E-state index contributed by atoms with van der Waals surface area (Å²) in [7, 11) is 3.00. The molecule has 0 spiro atoms. The molecule has 2 aromatic carbocycles. The molecule has 0 aromatic heterocycles. The number of benzene rings is 2. The molecule has 0 aliphatic rings. The third kappa shape index (κ3) is 9.90. The van der Waals surface area contributed by atoms with E-state index >= 15 is 0 Å². The molecule has 2 aromatic rings. The number of methoxy groups -OCH3 is 2. The summed E-state index contributed by atoms with van der Waals surface area (Å²) < 4.78 is 10.5. The average Bonchev–Trinajstić information content (AvgIpc) is 2.87. The van der Waals surface area contributed by atoms with Gasteiger partial charge in [-0.2, -0.15) is 0 Å². The highest BCUT2D eigenvalue weighted by atomic mass is 35.5. The number of Topliss-reactive ketones (excluding diaryl/α,β-unsaturated/α-hetero) is 1. The number of halogens is 1. The number of carbonyl (C=O) groups is 4. The first-order valence-electron chi connectivity index (χ1n) is 11.9. The summed E-state index contributed by atoms with van der Waals surface area (Å²) in [6, 6.07) is 10.0. The Hall–Kier alpha value is -3.24. The number of carbonyl (C=O) groups excluding carboxylic acids is 3. The van der Waals surface area contributed by atoms with Crippen molar-refractivity contribution >= 4 is 46.9 Å². The van der Waals surface area contributed by atoms with Crippen LogP contribution in [0.5, 0.6) is 11.5 Å². The highest BCUT2D eigenvalue weighted by Gasteiger charge is 2.30. The van der Waals surface area contributed by atoms with Gasteiger partial charge in [-0.1, -0.05) is 37.6 Å². The molecule has 0 saturated heterocycles. The molecule has 0 saturated carbocycles. The Kier molecular flexibility index (Phi) is 12.4. The third-order valence-corrected chi connectivity index (χ3v) is 6.89. The van der Waals surface area contributed by atoms with Crippen LogP contribution in [0.1, 0.15) is 31.4 Å². The SMILES string of the molecule is COc1ccc(OC)c(CC(=O)N[C@H](C(=O)N[C@@H](CC(=O)O)C(=O)CSCc2ccc(Cl)cc2)C(C)C)c1. The number of carboxylic acids is 1. The molecule has 0 fully saturated rings. The molecule has 3 N–H and O–H groups in total. The molecule has 38 heavy (non-hydrogen) atoms. The Balaban J connectivity index is 2.04. The van der Waals surface area contributed by atoms with Crippen molar-refractivity contribution in [3.63, 3.8) is 0 Å². The van der Waals surface area contributed by atoms with Gasteiger partial charge in [0.2, 0.25) is 11.8 Å². The van der Waals surface area contributed by atoms with E-state index in [1.54, 1.807) is 44.2 Å². The molecule has 0 bridgehead atoms. The maximum Gasteiger partial charge on any atom is 0.305 e. The summed E-state index contributed by atoms with van der Waals surface area (Å²) in [5, 5.41) is 15.1. The van der Waals surface area contributed by atoms with Gasteiger partial charge in [0.1, 0.15) is 17.5 Å². The quantitative estimate of drug-likeness (QED) is 0.299. The number of hydrogen-bond acceptors (Lipinski definition) is 7. The van der Waals surface area contributed by atoms with Gasteiger partial charge in [0.25, 0.3) is 0 Å². The smallest absolute Gasteiger partial charge is 0.305 e. The standard InChI is InChI=1S/C27H33ClN2O7S/c1-16(2)26(30-24(32)12-18-11-20(36-3)9-10-23(18)37-4)27(35)29-21(13-25(33)34)22(31)15-38-14-17-5-7-19(28)8-6-17/h5-11,16,21,26H,12-15H2,1-4H3,(H,29,35)(H,30,32)(H,33,34)/t21-,26-/m0/s1. The van der Waals surface area contributed by atoms with E-state index in [1.165, 1.54) is 26.0 Å².